The summed E-state index contributed by atoms with van der Waals surface area (Å²) in [4.78, 5) is 22.1. The molecule has 2 aliphatic heterocycles. The quantitative estimate of drug-likeness (QED) is 0.705. The predicted molar refractivity (Wildman–Crippen MR) is 119 cm³/mol. The zero-order valence-corrected chi connectivity index (χ0v) is 19.5. The van der Waals surface area contributed by atoms with Gasteiger partial charge in [0.1, 0.15) is 11.2 Å². The lowest BCUT2D eigenvalue weighted by molar-refractivity contribution is 0.0775. The van der Waals surface area contributed by atoms with Crippen LogP contribution in [0.5, 0.6) is 0 Å². The molecule has 0 bridgehead atoms. The molecule has 4 rings (SSSR count). The number of hydrogen-bond acceptors (Lipinski definition) is 5. The fraction of sp³-hybridized carbons (Fsp3) is 0.545. The summed E-state index contributed by atoms with van der Waals surface area (Å²) in [6, 6.07) is 7.28. The Bertz CT molecular complexity index is 1080. The zero-order valence-electron chi connectivity index (χ0n) is 18.7. The first-order valence-corrected chi connectivity index (χ1v) is 12.3. The summed E-state index contributed by atoms with van der Waals surface area (Å²) in [5.41, 5.74) is 1.53. The molecular formula is C22H31N5O3S. The third-order valence-electron chi connectivity index (χ3n) is 6.27. The Kier molecular flexibility index (Phi) is 5.93. The fourth-order valence-electron chi connectivity index (χ4n) is 4.28. The number of nitrogens with zero attached hydrogens (tertiary/aromatic N) is 5. The van der Waals surface area contributed by atoms with Crippen LogP contribution in [0.2, 0.25) is 0 Å². The third kappa shape index (κ3) is 4.02. The molecule has 1 saturated heterocycles. The van der Waals surface area contributed by atoms with Gasteiger partial charge < -0.3 is 9.80 Å². The van der Waals surface area contributed by atoms with Gasteiger partial charge in [-0.2, -0.15) is 4.31 Å². The maximum absolute atomic E-state index is 13.4. The van der Waals surface area contributed by atoms with Gasteiger partial charge in [0.25, 0.3) is 5.91 Å². The monoisotopic (exact) mass is 445 g/mol. The molecule has 0 spiro atoms. The lowest BCUT2D eigenvalue weighted by atomic mass is 10.1. The highest BCUT2D eigenvalue weighted by Gasteiger charge is 2.36. The second-order valence-electron chi connectivity index (χ2n) is 9.06. The summed E-state index contributed by atoms with van der Waals surface area (Å²) in [6.45, 7) is 6.03. The van der Waals surface area contributed by atoms with E-state index in [0.717, 1.165) is 12.8 Å². The second-order valence-corrected chi connectivity index (χ2v) is 11.0. The van der Waals surface area contributed by atoms with E-state index in [-0.39, 0.29) is 17.3 Å². The summed E-state index contributed by atoms with van der Waals surface area (Å²) in [5.74, 6) is 0.242. The minimum Gasteiger partial charge on any atom is -0.336 e. The number of likely N-dealkylation sites (N-methyl/N-ethyl adjacent to an activating group) is 1. The normalized spacial score (nSPS) is 20.7. The van der Waals surface area contributed by atoms with Gasteiger partial charge in [0, 0.05) is 25.7 Å². The summed E-state index contributed by atoms with van der Waals surface area (Å²) in [5, 5.41) is 0. The van der Waals surface area contributed by atoms with E-state index in [0.29, 0.717) is 48.7 Å². The second kappa shape index (κ2) is 8.37. The number of imidazole rings is 1. The number of fused-ring (bicyclic) bond motifs is 3. The van der Waals surface area contributed by atoms with Gasteiger partial charge in [-0.3, -0.25) is 9.36 Å². The maximum atomic E-state index is 13.4. The zero-order chi connectivity index (χ0) is 22.3. The molecule has 0 radical (unpaired) electrons. The molecule has 0 aliphatic carbocycles. The van der Waals surface area contributed by atoms with Gasteiger partial charge in [-0.15, -0.1) is 0 Å². The van der Waals surface area contributed by atoms with Crippen LogP contribution in [0.1, 0.15) is 42.9 Å². The van der Waals surface area contributed by atoms with Crippen molar-refractivity contribution < 1.29 is 13.2 Å². The number of rotatable bonds is 5. The number of aromatic nitrogens is 2. The van der Waals surface area contributed by atoms with Gasteiger partial charge in [-0.25, -0.2) is 13.4 Å². The Morgan fingerprint density at radius 2 is 2.00 bits per heavy atom. The average molecular weight is 446 g/mol. The molecule has 8 nitrogen and oxygen atoms in total. The van der Waals surface area contributed by atoms with Gasteiger partial charge in [0.05, 0.1) is 17.9 Å². The fourth-order valence-corrected chi connectivity index (χ4v) is 5.87. The van der Waals surface area contributed by atoms with Gasteiger partial charge in [0.15, 0.2) is 5.69 Å². The highest BCUT2D eigenvalue weighted by molar-refractivity contribution is 7.89. The van der Waals surface area contributed by atoms with Gasteiger partial charge >= 0.3 is 0 Å². The lowest BCUT2D eigenvalue weighted by Crippen LogP contribution is -2.36. The first kappa shape index (κ1) is 22.0. The van der Waals surface area contributed by atoms with Crippen molar-refractivity contribution in [2.45, 2.75) is 44.2 Å². The van der Waals surface area contributed by atoms with E-state index in [1.54, 1.807) is 29.1 Å². The number of likely N-dealkylation sites (tertiary alicyclic amines) is 1. The largest absolute Gasteiger partial charge is 0.336 e. The van der Waals surface area contributed by atoms with Crippen LogP contribution < -0.4 is 0 Å². The van der Waals surface area contributed by atoms with Crippen molar-refractivity contribution in [3.05, 3.63) is 42.0 Å². The number of carbonyl (C=O) groups excluding carboxylic acids is 1. The van der Waals surface area contributed by atoms with E-state index < -0.39 is 10.0 Å². The molecule has 168 valence electrons. The molecule has 0 saturated carbocycles. The summed E-state index contributed by atoms with van der Waals surface area (Å²) in [7, 11) is 0.366. The number of amides is 1. The summed E-state index contributed by atoms with van der Waals surface area (Å²) in [6.07, 6.45) is 3.25. The number of carbonyl (C=O) groups is 1. The van der Waals surface area contributed by atoms with Crippen molar-refractivity contribution in [2.24, 2.45) is 5.92 Å². The SMILES string of the molecule is CC(C)CCN1Cc2c(C(=O)N3CC[C@H](N(C)C)C3)ncn2-c2ccccc2S1(=O)=O. The van der Waals surface area contributed by atoms with Crippen LogP contribution >= 0.6 is 0 Å². The van der Waals surface area contributed by atoms with Crippen molar-refractivity contribution in [2.75, 3.05) is 33.7 Å². The van der Waals surface area contributed by atoms with Crippen LogP contribution in [-0.4, -0.2) is 77.8 Å². The van der Waals surface area contributed by atoms with Crippen LogP contribution in [-0.2, 0) is 16.6 Å². The predicted octanol–water partition coefficient (Wildman–Crippen LogP) is 2.20. The molecule has 1 fully saturated rings. The number of hydrogen-bond donors (Lipinski definition) is 0. The molecule has 1 amide bonds. The van der Waals surface area contributed by atoms with Crippen molar-refractivity contribution in [3.8, 4) is 5.69 Å². The van der Waals surface area contributed by atoms with Gasteiger partial charge in [-0.1, -0.05) is 26.0 Å². The van der Waals surface area contributed by atoms with Crippen molar-refractivity contribution in [1.29, 1.82) is 0 Å². The standard InChI is InChI=1S/C22H31N5O3S/c1-16(2)9-12-26-14-19-21(22(28)25-11-10-17(13-25)24(3)4)23-15-27(19)18-7-5-6-8-20(18)31(26,29)30/h5-8,15-17H,9-14H2,1-4H3/t17-/m0/s1. The van der Waals surface area contributed by atoms with E-state index in [1.807, 2.05) is 25.1 Å². The maximum Gasteiger partial charge on any atom is 0.274 e. The van der Waals surface area contributed by atoms with Crippen molar-refractivity contribution in [3.63, 3.8) is 0 Å². The number of para-hydroxylation sites is 1. The lowest BCUT2D eigenvalue weighted by Gasteiger charge is -2.22. The first-order valence-electron chi connectivity index (χ1n) is 10.8. The summed E-state index contributed by atoms with van der Waals surface area (Å²) < 4.78 is 30.2. The Balaban J connectivity index is 1.75. The first-order chi connectivity index (χ1) is 14.7. The number of sulfonamides is 1. The summed E-state index contributed by atoms with van der Waals surface area (Å²) >= 11 is 0. The van der Waals surface area contributed by atoms with Crippen LogP contribution in [0.4, 0.5) is 0 Å². The molecule has 2 aromatic rings. The highest BCUT2D eigenvalue weighted by atomic mass is 32.2. The Morgan fingerprint density at radius 3 is 2.68 bits per heavy atom. The Labute approximate surface area is 184 Å². The molecule has 1 aromatic heterocycles. The third-order valence-corrected chi connectivity index (χ3v) is 8.17. The van der Waals surface area contributed by atoms with Crippen molar-refractivity contribution in [1.82, 2.24) is 23.7 Å². The van der Waals surface area contributed by atoms with E-state index >= 15 is 0 Å². The average Bonchev–Trinajstić information content (AvgIpc) is 3.36. The smallest absolute Gasteiger partial charge is 0.274 e. The topological polar surface area (TPSA) is 78.8 Å². The molecule has 31 heavy (non-hydrogen) atoms. The molecule has 1 atom stereocenters. The van der Waals surface area contributed by atoms with Gasteiger partial charge in [-0.05, 0) is 45.0 Å². The number of benzene rings is 1. The van der Waals surface area contributed by atoms with E-state index in [9.17, 15) is 13.2 Å². The molecule has 1 aromatic carbocycles. The minimum absolute atomic E-state index is 0.126. The Morgan fingerprint density at radius 1 is 1.26 bits per heavy atom. The van der Waals surface area contributed by atoms with Crippen LogP contribution in [0.25, 0.3) is 5.69 Å². The van der Waals surface area contributed by atoms with Crippen LogP contribution in [0.15, 0.2) is 35.5 Å². The van der Waals surface area contributed by atoms with E-state index in [4.69, 9.17) is 0 Å². The molecular weight excluding hydrogens is 414 g/mol. The highest BCUT2D eigenvalue weighted by Crippen LogP contribution is 2.32. The molecule has 9 heteroatoms. The molecule has 3 heterocycles. The molecule has 0 unspecified atom stereocenters. The van der Waals surface area contributed by atoms with E-state index in [2.05, 4.69) is 23.7 Å². The van der Waals surface area contributed by atoms with E-state index in [1.165, 1.54) is 4.31 Å². The van der Waals surface area contributed by atoms with Gasteiger partial charge in [0.2, 0.25) is 10.0 Å². The van der Waals surface area contributed by atoms with Crippen LogP contribution in [0, 0.1) is 5.92 Å². The molecule has 0 N–H and O–H groups in total. The van der Waals surface area contributed by atoms with Crippen molar-refractivity contribution >= 4 is 15.9 Å². The molecule has 2 aliphatic rings. The van der Waals surface area contributed by atoms with Crippen LogP contribution in [0.3, 0.4) is 0 Å². The minimum atomic E-state index is -3.68. The Hall–Kier alpha value is -2.23.